The second kappa shape index (κ2) is 4.47. The molecule has 0 heterocycles. The molecule has 0 aromatic heterocycles. The van der Waals surface area contributed by atoms with E-state index in [1.807, 2.05) is 0 Å². The maximum Gasteiger partial charge on any atom is 0.246 e. The minimum atomic E-state index is -0.253. The summed E-state index contributed by atoms with van der Waals surface area (Å²) in [4.78, 5) is 13.4. The molecule has 0 bridgehead atoms. The fraction of sp³-hybridized carbons (Fsp3) is 0.308. The van der Waals surface area contributed by atoms with E-state index in [4.69, 9.17) is 0 Å². The number of nitrogens with zero attached hydrogens (tertiary/aromatic N) is 1. The van der Waals surface area contributed by atoms with Gasteiger partial charge in [-0.25, -0.2) is 4.39 Å². The zero-order valence-electron chi connectivity index (χ0n) is 9.03. The van der Waals surface area contributed by atoms with E-state index in [2.05, 4.69) is 6.58 Å². The molecule has 1 aromatic rings. The topological polar surface area (TPSA) is 20.3 Å². The van der Waals surface area contributed by atoms with Crippen molar-refractivity contribution < 1.29 is 9.18 Å². The number of carbonyl (C=O) groups excluding carboxylic acids is 1. The maximum atomic E-state index is 12.7. The molecule has 1 fully saturated rings. The van der Waals surface area contributed by atoms with E-state index in [-0.39, 0.29) is 11.7 Å². The lowest BCUT2D eigenvalue weighted by molar-refractivity contribution is -0.127. The van der Waals surface area contributed by atoms with Gasteiger partial charge in [-0.15, -0.1) is 0 Å². The number of halogens is 1. The van der Waals surface area contributed by atoms with Crippen molar-refractivity contribution in [1.82, 2.24) is 4.90 Å². The van der Waals surface area contributed by atoms with Crippen LogP contribution >= 0.6 is 0 Å². The number of hydrogen-bond acceptors (Lipinski definition) is 1. The minimum absolute atomic E-state index is 0.0492. The van der Waals surface area contributed by atoms with E-state index < -0.39 is 0 Å². The SMILES string of the molecule is C=CC(=O)N(Cc1ccc(F)cc1)C1CC1. The second-order valence-corrected chi connectivity index (χ2v) is 4.03. The first-order chi connectivity index (χ1) is 7.70. The molecule has 0 spiro atoms. The van der Waals surface area contributed by atoms with Gasteiger partial charge < -0.3 is 4.90 Å². The van der Waals surface area contributed by atoms with Crippen molar-refractivity contribution in [1.29, 1.82) is 0 Å². The predicted molar refractivity (Wildman–Crippen MR) is 60.2 cm³/mol. The number of benzene rings is 1. The first-order valence-electron chi connectivity index (χ1n) is 5.38. The third kappa shape index (κ3) is 2.48. The highest BCUT2D eigenvalue weighted by Crippen LogP contribution is 2.28. The van der Waals surface area contributed by atoms with Crippen molar-refractivity contribution in [2.45, 2.75) is 25.4 Å². The quantitative estimate of drug-likeness (QED) is 0.712. The van der Waals surface area contributed by atoms with Gasteiger partial charge >= 0.3 is 0 Å². The van der Waals surface area contributed by atoms with Crippen LogP contribution in [0.25, 0.3) is 0 Å². The summed E-state index contributed by atoms with van der Waals surface area (Å²) in [5.41, 5.74) is 0.948. The highest BCUT2D eigenvalue weighted by Gasteiger charge is 2.31. The molecule has 1 aromatic carbocycles. The van der Waals surface area contributed by atoms with Gasteiger partial charge in [0.15, 0.2) is 0 Å². The summed E-state index contributed by atoms with van der Waals surface area (Å²) < 4.78 is 12.7. The zero-order valence-corrected chi connectivity index (χ0v) is 9.03. The van der Waals surface area contributed by atoms with Gasteiger partial charge in [-0.2, -0.15) is 0 Å². The van der Waals surface area contributed by atoms with Crippen LogP contribution in [0.3, 0.4) is 0 Å². The average Bonchev–Trinajstić information content (AvgIpc) is 3.11. The Kier molecular flexibility index (Phi) is 3.04. The maximum absolute atomic E-state index is 12.7. The van der Waals surface area contributed by atoms with Gasteiger partial charge in [-0.05, 0) is 36.6 Å². The van der Waals surface area contributed by atoms with Gasteiger partial charge in [-0.3, -0.25) is 4.79 Å². The summed E-state index contributed by atoms with van der Waals surface area (Å²) in [6, 6.07) is 6.59. The van der Waals surface area contributed by atoms with Gasteiger partial charge in [0.2, 0.25) is 5.91 Å². The molecule has 0 saturated heterocycles. The Bertz CT molecular complexity index is 395. The van der Waals surface area contributed by atoms with Crippen LogP contribution in [0, 0.1) is 5.82 Å². The van der Waals surface area contributed by atoms with E-state index in [0.717, 1.165) is 18.4 Å². The first-order valence-corrected chi connectivity index (χ1v) is 5.38. The van der Waals surface area contributed by atoms with Crippen LogP contribution in [0.1, 0.15) is 18.4 Å². The van der Waals surface area contributed by atoms with Crippen molar-refractivity contribution in [2.24, 2.45) is 0 Å². The number of hydrogen-bond donors (Lipinski definition) is 0. The van der Waals surface area contributed by atoms with E-state index in [0.29, 0.717) is 12.6 Å². The van der Waals surface area contributed by atoms with E-state index in [9.17, 15) is 9.18 Å². The molecule has 0 aliphatic heterocycles. The lowest BCUT2D eigenvalue weighted by atomic mass is 10.2. The van der Waals surface area contributed by atoms with E-state index in [1.54, 1.807) is 17.0 Å². The Morgan fingerprint density at radius 1 is 1.44 bits per heavy atom. The van der Waals surface area contributed by atoms with Crippen LogP contribution in [0.4, 0.5) is 4.39 Å². The van der Waals surface area contributed by atoms with Gasteiger partial charge in [0.1, 0.15) is 5.82 Å². The Hall–Kier alpha value is -1.64. The molecule has 0 radical (unpaired) electrons. The van der Waals surface area contributed by atoms with Crippen molar-refractivity contribution in [3.05, 3.63) is 48.3 Å². The van der Waals surface area contributed by atoms with Crippen molar-refractivity contribution in [3.8, 4) is 0 Å². The molecule has 2 nitrogen and oxygen atoms in total. The Balaban J connectivity index is 2.08. The summed E-state index contributed by atoms with van der Waals surface area (Å²) in [5, 5.41) is 0. The molecular formula is C13H14FNO. The fourth-order valence-electron chi connectivity index (χ4n) is 1.68. The molecule has 16 heavy (non-hydrogen) atoms. The van der Waals surface area contributed by atoms with Gasteiger partial charge in [-0.1, -0.05) is 18.7 Å². The Morgan fingerprint density at radius 3 is 2.56 bits per heavy atom. The number of rotatable bonds is 4. The molecule has 1 aliphatic carbocycles. The van der Waals surface area contributed by atoms with Crippen molar-refractivity contribution in [2.75, 3.05) is 0 Å². The molecule has 1 saturated carbocycles. The molecule has 3 heteroatoms. The summed E-state index contributed by atoms with van der Waals surface area (Å²) in [6.07, 6.45) is 3.45. The van der Waals surface area contributed by atoms with E-state index in [1.165, 1.54) is 18.2 Å². The standard InChI is InChI=1S/C13H14FNO/c1-2-13(16)15(12-7-8-12)9-10-3-5-11(14)6-4-10/h2-6,12H,1,7-9H2. The summed E-state index contributed by atoms with van der Waals surface area (Å²) >= 11 is 0. The van der Waals surface area contributed by atoms with Gasteiger partial charge in [0.05, 0.1) is 0 Å². The van der Waals surface area contributed by atoms with Crippen LogP contribution in [0.5, 0.6) is 0 Å². The largest absolute Gasteiger partial charge is 0.332 e. The molecule has 0 unspecified atom stereocenters. The van der Waals surface area contributed by atoms with Gasteiger partial charge in [0.25, 0.3) is 0 Å². The monoisotopic (exact) mass is 219 g/mol. The van der Waals surface area contributed by atoms with Crippen LogP contribution in [0.15, 0.2) is 36.9 Å². The summed E-state index contributed by atoms with van der Waals surface area (Å²) in [7, 11) is 0. The van der Waals surface area contributed by atoms with Crippen LogP contribution in [-0.2, 0) is 11.3 Å². The number of amides is 1. The van der Waals surface area contributed by atoms with Crippen LogP contribution < -0.4 is 0 Å². The van der Waals surface area contributed by atoms with Crippen molar-refractivity contribution >= 4 is 5.91 Å². The Morgan fingerprint density at radius 2 is 2.06 bits per heavy atom. The molecule has 1 aliphatic rings. The highest BCUT2D eigenvalue weighted by molar-refractivity contribution is 5.87. The molecular weight excluding hydrogens is 205 g/mol. The fourth-order valence-corrected chi connectivity index (χ4v) is 1.68. The zero-order chi connectivity index (χ0) is 11.5. The second-order valence-electron chi connectivity index (χ2n) is 4.03. The van der Waals surface area contributed by atoms with E-state index >= 15 is 0 Å². The molecule has 0 N–H and O–H groups in total. The Labute approximate surface area is 94.4 Å². The summed E-state index contributed by atoms with van der Waals surface area (Å²) in [6.45, 7) is 4.03. The normalized spacial score (nSPS) is 14.6. The lowest BCUT2D eigenvalue weighted by Crippen LogP contribution is -2.30. The van der Waals surface area contributed by atoms with Crippen LogP contribution in [-0.4, -0.2) is 16.8 Å². The van der Waals surface area contributed by atoms with Crippen molar-refractivity contribution in [3.63, 3.8) is 0 Å². The number of carbonyl (C=O) groups is 1. The average molecular weight is 219 g/mol. The highest BCUT2D eigenvalue weighted by atomic mass is 19.1. The van der Waals surface area contributed by atoms with Gasteiger partial charge in [0, 0.05) is 12.6 Å². The first kappa shape index (κ1) is 10.9. The molecule has 1 amide bonds. The third-order valence-corrected chi connectivity index (χ3v) is 2.71. The summed E-state index contributed by atoms with van der Waals surface area (Å²) in [5.74, 6) is -0.302. The minimum Gasteiger partial charge on any atom is -0.332 e. The lowest BCUT2D eigenvalue weighted by Gasteiger charge is -2.20. The van der Waals surface area contributed by atoms with Crippen LogP contribution in [0.2, 0.25) is 0 Å². The smallest absolute Gasteiger partial charge is 0.246 e. The molecule has 0 atom stereocenters. The molecule has 84 valence electrons. The molecule has 2 rings (SSSR count). The third-order valence-electron chi connectivity index (χ3n) is 2.71. The predicted octanol–water partition coefficient (Wildman–Crippen LogP) is 2.50.